The Kier molecular flexibility index (Phi) is 6.45. The van der Waals surface area contributed by atoms with Gasteiger partial charge < -0.3 is 10.0 Å². The van der Waals surface area contributed by atoms with Crippen LogP contribution in [0.1, 0.15) is 11.1 Å². The van der Waals surface area contributed by atoms with E-state index in [1.807, 2.05) is 6.07 Å². The first-order valence-electron chi connectivity index (χ1n) is 8.54. The second-order valence-corrected chi connectivity index (χ2v) is 6.39. The maximum absolute atomic E-state index is 12.4. The van der Waals surface area contributed by atoms with Crippen LogP contribution in [0.4, 0.5) is 10.1 Å². The molecule has 0 amide bonds. The highest BCUT2D eigenvalue weighted by Crippen LogP contribution is 2.24. The number of piperazine rings is 1. The number of anilines is 1. The van der Waals surface area contributed by atoms with Crippen molar-refractivity contribution < 1.29 is 9.50 Å². The minimum absolute atomic E-state index is 0.175. The van der Waals surface area contributed by atoms with Gasteiger partial charge in [-0.3, -0.25) is 9.58 Å². The second-order valence-electron chi connectivity index (χ2n) is 6.01. The Labute approximate surface area is 157 Å². The van der Waals surface area contributed by atoms with Crippen LogP contribution in [-0.4, -0.2) is 70.8 Å². The number of aliphatic hydroxyl groups is 1. The summed E-state index contributed by atoms with van der Waals surface area (Å²) in [5.41, 5.74) is 2.48. The largest absolute Gasteiger partial charge is 0.395 e. The van der Waals surface area contributed by atoms with E-state index in [0.717, 1.165) is 43.0 Å². The van der Waals surface area contributed by atoms with E-state index in [0.29, 0.717) is 11.7 Å². The molecule has 1 saturated heterocycles. The number of halogens is 2. The molecule has 0 aliphatic carbocycles. The summed E-state index contributed by atoms with van der Waals surface area (Å²) < 4.78 is 13.9. The summed E-state index contributed by atoms with van der Waals surface area (Å²) in [5, 5.41) is 13.6. The van der Waals surface area contributed by atoms with E-state index in [9.17, 15) is 4.39 Å². The maximum Gasteiger partial charge on any atom is 0.131 e. The average Bonchev–Trinajstić information content (AvgIpc) is 3.09. The summed E-state index contributed by atoms with van der Waals surface area (Å²) in [7, 11) is 0. The number of hydrogen-bond donors (Lipinski definition) is 1. The zero-order chi connectivity index (χ0) is 18.4. The summed E-state index contributed by atoms with van der Waals surface area (Å²) in [6.45, 7) is 4.07. The third kappa shape index (κ3) is 4.73. The van der Waals surface area contributed by atoms with Crippen LogP contribution < -0.4 is 4.90 Å². The molecule has 3 heterocycles. The normalized spacial score (nSPS) is 15.0. The van der Waals surface area contributed by atoms with Crippen molar-refractivity contribution in [1.29, 1.82) is 0 Å². The Hall–Kier alpha value is -2.14. The van der Waals surface area contributed by atoms with Crippen LogP contribution in [-0.2, 0) is 6.54 Å². The Bertz CT molecular complexity index is 792. The van der Waals surface area contributed by atoms with E-state index < -0.39 is 6.67 Å². The maximum atomic E-state index is 12.4. The molecule has 26 heavy (non-hydrogen) atoms. The molecule has 0 bridgehead atoms. The molecule has 0 unspecified atom stereocenters. The fourth-order valence-corrected chi connectivity index (χ4v) is 3.06. The molecule has 3 rings (SSSR count). The van der Waals surface area contributed by atoms with Gasteiger partial charge in [0.1, 0.15) is 11.8 Å². The summed E-state index contributed by atoms with van der Waals surface area (Å²) in [5.74, 6) is 6.19. The van der Waals surface area contributed by atoms with Crippen LogP contribution in [0.15, 0.2) is 24.7 Å². The molecule has 0 spiro atoms. The molecule has 0 aromatic carbocycles. The number of aryl methyl sites for hydroxylation is 1. The number of hydrogen-bond acceptors (Lipinski definition) is 5. The molecule has 6 nitrogen and oxygen atoms in total. The van der Waals surface area contributed by atoms with E-state index >= 15 is 0 Å². The summed E-state index contributed by atoms with van der Waals surface area (Å²) in [4.78, 5) is 8.61. The fourth-order valence-electron chi connectivity index (χ4n) is 2.91. The Morgan fingerprint density at radius 3 is 2.69 bits per heavy atom. The van der Waals surface area contributed by atoms with Crippen molar-refractivity contribution in [3.05, 3.63) is 40.9 Å². The topological polar surface area (TPSA) is 57.4 Å². The van der Waals surface area contributed by atoms with Crippen molar-refractivity contribution >= 4 is 17.3 Å². The van der Waals surface area contributed by atoms with Gasteiger partial charge in [-0.2, -0.15) is 5.10 Å². The Morgan fingerprint density at radius 1 is 1.15 bits per heavy atom. The molecule has 8 heteroatoms. The van der Waals surface area contributed by atoms with Gasteiger partial charge in [0, 0.05) is 51.2 Å². The lowest BCUT2D eigenvalue weighted by Gasteiger charge is -2.36. The minimum atomic E-state index is -0.456. The number of aliphatic hydroxyl groups excluding tert-OH is 1. The zero-order valence-corrected chi connectivity index (χ0v) is 15.2. The zero-order valence-electron chi connectivity index (χ0n) is 14.4. The first-order valence-corrected chi connectivity index (χ1v) is 8.91. The van der Waals surface area contributed by atoms with Crippen molar-refractivity contribution in [2.75, 3.05) is 50.9 Å². The molecule has 1 aliphatic rings. The highest BCUT2D eigenvalue weighted by Gasteiger charge is 2.19. The monoisotopic (exact) mass is 377 g/mol. The van der Waals surface area contributed by atoms with Crippen LogP contribution in [0.25, 0.3) is 0 Å². The van der Waals surface area contributed by atoms with Gasteiger partial charge in [0.05, 0.1) is 36.2 Å². The van der Waals surface area contributed by atoms with Crippen molar-refractivity contribution in [1.82, 2.24) is 19.7 Å². The number of aromatic nitrogens is 3. The molecule has 2 aromatic heterocycles. The number of β-amino-alcohol motifs (C(OH)–C–C–N with tert-alkyl or cyclic N) is 1. The molecule has 0 radical (unpaired) electrons. The van der Waals surface area contributed by atoms with Crippen molar-refractivity contribution in [3.63, 3.8) is 0 Å². The van der Waals surface area contributed by atoms with E-state index in [1.165, 1.54) is 4.68 Å². The van der Waals surface area contributed by atoms with Crippen LogP contribution >= 0.6 is 11.6 Å². The molecule has 1 aliphatic heterocycles. The SMILES string of the molecule is OCCN1CCN(c2cc(Cl)ncc2C#Cc2cnn(CCF)c2)CC1. The quantitative estimate of drug-likeness (QED) is 0.631. The minimum Gasteiger partial charge on any atom is -0.395 e. The third-order valence-corrected chi connectivity index (χ3v) is 4.47. The predicted molar refractivity (Wildman–Crippen MR) is 99.2 cm³/mol. The van der Waals surface area contributed by atoms with Gasteiger partial charge in [-0.1, -0.05) is 23.4 Å². The van der Waals surface area contributed by atoms with Crippen LogP contribution in [0.2, 0.25) is 5.15 Å². The fraction of sp³-hybridized carbons (Fsp3) is 0.444. The first-order chi connectivity index (χ1) is 12.7. The van der Waals surface area contributed by atoms with Gasteiger partial charge in [0.25, 0.3) is 0 Å². The van der Waals surface area contributed by atoms with Crippen molar-refractivity contribution in [3.8, 4) is 11.8 Å². The molecular formula is C18H21ClFN5O. The lowest BCUT2D eigenvalue weighted by atomic mass is 10.2. The van der Waals surface area contributed by atoms with Crippen LogP contribution in [0.3, 0.4) is 0 Å². The van der Waals surface area contributed by atoms with E-state index in [2.05, 4.69) is 31.7 Å². The molecule has 0 saturated carbocycles. The van der Waals surface area contributed by atoms with Crippen molar-refractivity contribution in [2.24, 2.45) is 0 Å². The summed E-state index contributed by atoms with van der Waals surface area (Å²) >= 11 is 6.09. The number of alkyl halides is 1. The number of rotatable bonds is 5. The summed E-state index contributed by atoms with van der Waals surface area (Å²) in [6.07, 6.45) is 5.03. The third-order valence-electron chi connectivity index (χ3n) is 4.27. The highest BCUT2D eigenvalue weighted by atomic mass is 35.5. The average molecular weight is 378 g/mol. The van der Waals surface area contributed by atoms with Gasteiger partial charge in [0.2, 0.25) is 0 Å². The smallest absolute Gasteiger partial charge is 0.131 e. The van der Waals surface area contributed by atoms with E-state index in [-0.39, 0.29) is 13.2 Å². The second kappa shape index (κ2) is 8.99. The predicted octanol–water partition coefficient (Wildman–Crippen LogP) is 1.42. The molecule has 1 fully saturated rings. The van der Waals surface area contributed by atoms with Gasteiger partial charge in [-0.15, -0.1) is 0 Å². The lowest BCUT2D eigenvalue weighted by Crippen LogP contribution is -2.47. The number of pyridine rings is 1. The number of nitrogens with zero attached hydrogens (tertiary/aromatic N) is 5. The Balaban J connectivity index is 1.77. The summed E-state index contributed by atoms with van der Waals surface area (Å²) in [6, 6.07) is 1.83. The van der Waals surface area contributed by atoms with Crippen LogP contribution in [0.5, 0.6) is 0 Å². The standard InChI is InChI=1S/C18H21ClFN5O/c19-18-11-17(24-7-5-23(6-8-24)9-10-26)16(13-21-18)2-1-15-12-22-25(14-15)4-3-20/h11-14,26H,3-10H2. The molecule has 0 atom stereocenters. The molecule has 2 aromatic rings. The first kappa shape index (κ1) is 18.6. The van der Waals surface area contributed by atoms with Gasteiger partial charge in [-0.25, -0.2) is 9.37 Å². The van der Waals surface area contributed by atoms with Crippen molar-refractivity contribution in [2.45, 2.75) is 6.54 Å². The molecule has 1 N–H and O–H groups in total. The van der Waals surface area contributed by atoms with Crippen LogP contribution in [0, 0.1) is 11.8 Å². The van der Waals surface area contributed by atoms with Gasteiger partial charge in [-0.05, 0) is 0 Å². The van der Waals surface area contributed by atoms with Gasteiger partial charge in [0.15, 0.2) is 0 Å². The highest BCUT2D eigenvalue weighted by molar-refractivity contribution is 6.29. The molecular weight excluding hydrogens is 357 g/mol. The molecule has 138 valence electrons. The Morgan fingerprint density at radius 2 is 1.96 bits per heavy atom. The van der Waals surface area contributed by atoms with E-state index in [1.54, 1.807) is 18.6 Å². The van der Waals surface area contributed by atoms with Gasteiger partial charge >= 0.3 is 0 Å². The van der Waals surface area contributed by atoms with E-state index in [4.69, 9.17) is 16.7 Å². The lowest BCUT2D eigenvalue weighted by molar-refractivity contribution is 0.189.